The van der Waals surface area contributed by atoms with E-state index in [9.17, 15) is 0 Å². The van der Waals surface area contributed by atoms with E-state index in [1.165, 1.54) is 0 Å². The Bertz CT molecular complexity index is 750. The standard InChI is InChI=1S/C15H14BrN3O/c1-19-14-7-2-10(16)8-13(14)18-15(19)9-20-12-5-3-11(17)4-6-12/h2-8H,9,17H2,1H3. The van der Waals surface area contributed by atoms with Gasteiger partial charge in [0, 0.05) is 17.2 Å². The Balaban J connectivity index is 1.84. The molecular formula is C15H14BrN3O. The van der Waals surface area contributed by atoms with E-state index in [1.54, 1.807) is 0 Å². The van der Waals surface area contributed by atoms with Crippen LogP contribution in [-0.4, -0.2) is 9.55 Å². The fourth-order valence-corrected chi connectivity index (χ4v) is 2.41. The molecule has 0 aliphatic rings. The molecule has 0 spiro atoms. The maximum absolute atomic E-state index is 5.74. The summed E-state index contributed by atoms with van der Waals surface area (Å²) in [6, 6.07) is 13.4. The monoisotopic (exact) mass is 331 g/mol. The summed E-state index contributed by atoms with van der Waals surface area (Å²) in [5.74, 6) is 1.67. The van der Waals surface area contributed by atoms with Gasteiger partial charge in [0.05, 0.1) is 11.0 Å². The normalized spacial score (nSPS) is 10.9. The number of nitrogens with zero attached hydrogens (tertiary/aromatic N) is 2. The summed E-state index contributed by atoms with van der Waals surface area (Å²) < 4.78 is 8.80. The lowest BCUT2D eigenvalue weighted by Crippen LogP contribution is -2.03. The molecule has 0 radical (unpaired) electrons. The van der Waals surface area contributed by atoms with Crippen LogP contribution >= 0.6 is 15.9 Å². The number of nitrogens with two attached hydrogens (primary N) is 1. The van der Waals surface area contributed by atoms with Crippen LogP contribution in [0.15, 0.2) is 46.9 Å². The molecule has 102 valence electrons. The van der Waals surface area contributed by atoms with Crippen LogP contribution in [0.3, 0.4) is 0 Å². The van der Waals surface area contributed by atoms with E-state index >= 15 is 0 Å². The molecule has 0 fully saturated rings. The number of ether oxygens (including phenoxy) is 1. The van der Waals surface area contributed by atoms with Gasteiger partial charge in [0.15, 0.2) is 0 Å². The van der Waals surface area contributed by atoms with Gasteiger partial charge in [-0.3, -0.25) is 0 Å². The second-order valence-electron chi connectivity index (χ2n) is 4.58. The van der Waals surface area contributed by atoms with E-state index in [4.69, 9.17) is 10.5 Å². The highest BCUT2D eigenvalue weighted by atomic mass is 79.9. The molecule has 1 heterocycles. The van der Waals surface area contributed by atoms with Crippen molar-refractivity contribution in [1.82, 2.24) is 9.55 Å². The van der Waals surface area contributed by atoms with Gasteiger partial charge in [0.1, 0.15) is 18.2 Å². The quantitative estimate of drug-likeness (QED) is 0.747. The molecule has 0 unspecified atom stereocenters. The molecule has 4 nitrogen and oxygen atoms in total. The number of benzene rings is 2. The van der Waals surface area contributed by atoms with Gasteiger partial charge < -0.3 is 15.0 Å². The summed E-state index contributed by atoms with van der Waals surface area (Å²) in [5.41, 5.74) is 8.42. The van der Waals surface area contributed by atoms with Crippen LogP contribution in [-0.2, 0) is 13.7 Å². The van der Waals surface area contributed by atoms with Gasteiger partial charge in [-0.1, -0.05) is 15.9 Å². The number of anilines is 1. The second-order valence-corrected chi connectivity index (χ2v) is 5.49. The van der Waals surface area contributed by atoms with Crippen molar-refractivity contribution in [1.29, 1.82) is 0 Å². The van der Waals surface area contributed by atoms with Crippen LogP contribution in [0.1, 0.15) is 5.82 Å². The van der Waals surface area contributed by atoms with E-state index < -0.39 is 0 Å². The number of hydrogen-bond donors (Lipinski definition) is 1. The van der Waals surface area contributed by atoms with Gasteiger partial charge in [-0.15, -0.1) is 0 Å². The molecule has 3 rings (SSSR count). The Morgan fingerprint density at radius 1 is 1.20 bits per heavy atom. The molecule has 3 aromatic rings. The highest BCUT2D eigenvalue weighted by Gasteiger charge is 2.08. The van der Waals surface area contributed by atoms with Crippen molar-refractivity contribution in [3.63, 3.8) is 0 Å². The summed E-state index contributed by atoms with van der Waals surface area (Å²) in [7, 11) is 1.99. The predicted molar refractivity (Wildman–Crippen MR) is 83.6 cm³/mol. The molecule has 20 heavy (non-hydrogen) atoms. The van der Waals surface area contributed by atoms with Crippen molar-refractivity contribution in [2.24, 2.45) is 7.05 Å². The number of aromatic nitrogens is 2. The van der Waals surface area contributed by atoms with Crippen LogP contribution < -0.4 is 10.5 Å². The van der Waals surface area contributed by atoms with Crippen LogP contribution in [0, 0.1) is 0 Å². The Morgan fingerprint density at radius 2 is 1.95 bits per heavy atom. The molecule has 5 heteroatoms. The number of halogens is 1. The third-order valence-electron chi connectivity index (χ3n) is 3.18. The Kier molecular flexibility index (Phi) is 3.36. The van der Waals surface area contributed by atoms with Gasteiger partial charge in [-0.05, 0) is 42.5 Å². The van der Waals surface area contributed by atoms with E-state index in [-0.39, 0.29) is 0 Å². The number of rotatable bonds is 3. The molecule has 2 aromatic carbocycles. The van der Waals surface area contributed by atoms with E-state index in [1.807, 2.05) is 54.1 Å². The highest BCUT2D eigenvalue weighted by molar-refractivity contribution is 9.10. The molecule has 0 bridgehead atoms. The third-order valence-corrected chi connectivity index (χ3v) is 3.68. The van der Waals surface area contributed by atoms with Gasteiger partial charge in [-0.2, -0.15) is 0 Å². The number of nitrogen functional groups attached to an aromatic ring is 1. The summed E-state index contributed by atoms with van der Waals surface area (Å²) in [6.07, 6.45) is 0. The predicted octanol–water partition coefficient (Wildman–Crippen LogP) is 3.50. The first-order valence-corrected chi connectivity index (χ1v) is 7.02. The molecule has 0 atom stereocenters. The largest absolute Gasteiger partial charge is 0.486 e. The fraction of sp³-hybridized carbons (Fsp3) is 0.133. The highest BCUT2D eigenvalue weighted by Crippen LogP contribution is 2.21. The Hall–Kier alpha value is -2.01. The van der Waals surface area contributed by atoms with Crippen LogP contribution in [0.25, 0.3) is 11.0 Å². The average Bonchev–Trinajstić information content (AvgIpc) is 2.74. The third kappa shape index (κ3) is 2.49. The summed E-state index contributed by atoms with van der Waals surface area (Å²) in [6.45, 7) is 0.423. The summed E-state index contributed by atoms with van der Waals surface area (Å²) in [5, 5.41) is 0. The number of hydrogen-bond acceptors (Lipinski definition) is 3. The zero-order valence-electron chi connectivity index (χ0n) is 11.0. The van der Waals surface area contributed by atoms with Gasteiger partial charge >= 0.3 is 0 Å². The van der Waals surface area contributed by atoms with Crippen LogP contribution in [0.4, 0.5) is 5.69 Å². The minimum atomic E-state index is 0.423. The fourth-order valence-electron chi connectivity index (χ4n) is 2.06. The van der Waals surface area contributed by atoms with Crippen molar-refractivity contribution in [3.05, 3.63) is 52.8 Å². The molecule has 1 aromatic heterocycles. The number of aryl methyl sites for hydroxylation is 1. The van der Waals surface area contributed by atoms with Crippen molar-refractivity contribution >= 4 is 32.7 Å². The lowest BCUT2D eigenvalue weighted by atomic mass is 10.3. The number of imidazole rings is 1. The molecule has 0 amide bonds. The van der Waals surface area contributed by atoms with Crippen molar-refractivity contribution in [3.8, 4) is 5.75 Å². The average molecular weight is 332 g/mol. The Morgan fingerprint density at radius 3 is 2.70 bits per heavy atom. The minimum Gasteiger partial charge on any atom is -0.486 e. The topological polar surface area (TPSA) is 53.1 Å². The van der Waals surface area contributed by atoms with Gasteiger partial charge in [0.2, 0.25) is 0 Å². The van der Waals surface area contributed by atoms with E-state index in [2.05, 4.69) is 20.9 Å². The maximum atomic E-state index is 5.74. The first-order valence-electron chi connectivity index (χ1n) is 6.23. The van der Waals surface area contributed by atoms with E-state index in [0.717, 1.165) is 32.8 Å². The maximum Gasteiger partial charge on any atom is 0.147 e. The van der Waals surface area contributed by atoms with Gasteiger partial charge in [-0.25, -0.2) is 4.98 Å². The molecule has 0 saturated carbocycles. The molecule has 0 aliphatic heterocycles. The molecule has 0 saturated heterocycles. The first kappa shape index (κ1) is 13.0. The summed E-state index contributed by atoms with van der Waals surface area (Å²) >= 11 is 3.46. The lowest BCUT2D eigenvalue weighted by Gasteiger charge is -2.06. The number of fused-ring (bicyclic) bond motifs is 1. The van der Waals surface area contributed by atoms with Gasteiger partial charge in [0.25, 0.3) is 0 Å². The smallest absolute Gasteiger partial charge is 0.147 e. The molecule has 2 N–H and O–H groups in total. The Labute approximate surface area is 125 Å². The SMILES string of the molecule is Cn1c(COc2ccc(N)cc2)nc2cc(Br)ccc21. The molecule has 0 aliphatic carbocycles. The zero-order valence-corrected chi connectivity index (χ0v) is 12.6. The second kappa shape index (κ2) is 5.17. The van der Waals surface area contributed by atoms with Crippen molar-refractivity contribution in [2.45, 2.75) is 6.61 Å². The summed E-state index contributed by atoms with van der Waals surface area (Å²) in [4.78, 5) is 4.59. The van der Waals surface area contributed by atoms with Crippen LogP contribution in [0.2, 0.25) is 0 Å². The van der Waals surface area contributed by atoms with Crippen LogP contribution in [0.5, 0.6) is 5.75 Å². The van der Waals surface area contributed by atoms with Crippen molar-refractivity contribution < 1.29 is 4.74 Å². The van der Waals surface area contributed by atoms with E-state index in [0.29, 0.717) is 6.61 Å². The van der Waals surface area contributed by atoms with Crippen molar-refractivity contribution in [2.75, 3.05) is 5.73 Å². The molecular weight excluding hydrogens is 318 g/mol. The zero-order chi connectivity index (χ0) is 14.1. The lowest BCUT2D eigenvalue weighted by molar-refractivity contribution is 0.292. The first-order chi connectivity index (χ1) is 9.63. The minimum absolute atomic E-state index is 0.423.